The summed E-state index contributed by atoms with van der Waals surface area (Å²) in [7, 11) is 3.79. The van der Waals surface area contributed by atoms with Gasteiger partial charge >= 0.3 is 0 Å². The van der Waals surface area contributed by atoms with Gasteiger partial charge in [-0.25, -0.2) is 9.98 Å². The predicted octanol–water partition coefficient (Wildman–Crippen LogP) is 2.97. The van der Waals surface area contributed by atoms with Crippen LogP contribution in [0.25, 0.3) is 0 Å². The first kappa shape index (κ1) is 24.1. The third-order valence-corrected chi connectivity index (χ3v) is 5.63. The topological polar surface area (TPSA) is 71.0 Å². The first-order chi connectivity index (χ1) is 14.5. The van der Waals surface area contributed by atoms with Gasteiger partial charge in [0.05, 0.1) is 25.4 Å². The minimum absolute atomic E-state index is 0.580. The van der Waals surface area contributed by atoms with Crippen molar-refractivity contribution in [3.8, 4) is 5.75 Å². The largest absolute Gasteiger partial charge is 0.492 e. The van der Waals surface area contributed by atoms with E-state index in [0.29, 0.717) is 19.7 Å². The fourth-order valence-electron chi connectivity index (χ4n) is 2.70. The second-order valence-corrected chi connectivity index (χ2v) is 8.38. The highest BCUT2D eigenvalue weighted by molar-refractivity contribution is 7.11. The van der Waals surface area contributed by atoms with Gasteiger partial charge in [0.1, 0.15) is 17.4 Å². The summed E-state index contributed by atoms with van der Waals surface area (Å²) in [5.74, 6) is 1.66. The lowest BCUT2D eigenvalue weighted by Crippen LogP contribution is -2.36. The summed E-state index contributed by atoms with van der Waals surface area (Å²) in [6.45, 7) is 11.4. The van der Waals surface area contributed by atoms with Crippen LogP contribution in [-0.4, -0.2) is 62.8 Å². The first-order valence-electron chi connectivity index (χ1n) is 10.4. The predicted molar refractivity (Wildman–Crippen MR) is 125 cm³/mol. The van der Waals surface area contributed by atoms with Gasteiger partial charge in [-0.15, -0.1) is 11.3 Å². The molecule has 0 spiro atoms. The average Bonchev–Trinajstić information content (AvgIpc) is 3.06. The molecule has 2 rings (SSSR count). The number of guanidine groups is 1. The number of nitrogens with zero attached hydrogens (tertiary/aromatic N) is 3. The van der Waals surface area contributed by atoms with Gasteiger partial charge in [-0.3, -0.25) is 0 Å². The standard InChI is InChI=1S/C22H35N5O2S/c1-6-23-22(25-16-21-26-17(2)18(3)30-21)24-15-19-8-7-9-20(14-19)29-13-11-27(4)10-12-28-5/h7-9,14H,6,10-13,15-16H2,1-5H3,(H2,23,24,25). The number of likely N-dealkylation sites (N-methyl/N-ethyl adjacent to an activating group) is 1. The smallest absolute Gasteiger partial charge is 0.191 e. The van der Waals surface area contributed by atoms with E-state index in [4.69, 9.17) is 14.5 Å². The van der Waals surface area contributed by atoms with E-state index in [2.05, 4.69) is 53.5 Å². The van der Waals surface area contributed by atoms with Crippen LogP contribution in [0.3, 0.4) is 0 Å². The summed E-state index contributed by atoms with van der Waals surface area (Å²) >= 11 is 1.72. The summed E-state index contributed by atoms with van der Waals surface area (Å²) in [5.41, 5.74) is 2.21. The van der Waals surface area contributed by atoms with E-state index in [-0.39, 0.29) is 0 Å². The van der Waals surface area contributed by atoms with E-state index in [9.17, 15) is 0 Å². The zero-order valence-electron chi connectivity index (χ0n) is 18.8. The Morgan fingerprint density at radius 2 is 2.00 bits per heavy atom. The van der Waals surface area contributed by atoms with E-state index in [0.717, 1.165) is 54.2 Å². The van der Waals surface area contributed by atoms with E-state index < -0.39 is 0 Å². The monoisotopic (exact) mass is 433 g/mol. The molecular formula is C22H35N5O2S. The molecule has 0 saturated heterocycles. The highest BCUT2D eigenvalue weighted by Gasteiger charge is 2.05. The van der Waals surface area contributed by atoms with Crippen LogP contribution in [-0.2, 0) is 17.8 Å². The molecule has 166 valence electrons. The SMILES string of the molecule is CCNC(=NCc1cccc(OCCN(C)CCOC)c1)NCc1nc(C)c(C)s1. The van der Waals surface area contributed by atoms with Crippen LogP contribution in [0.4, 0.5) is 0 Å². The fraction of sp³-hybridized carbons (Fsp3) is 0.545. The third kappa shape index (κ3) is 8.69. The Labute approximate surface area is 184 Å². The zero-order valence-corrected chi connectivity index (χ0v) is 19.6. The molecule has 7 nitrogen and oxygen atoms in total. The number of methoxy groups -OCH3 is 1. The van der Waals surface area contributed by atoms with Crippen LogP contribution in [0.2, 0.25) is 0 Å². The molecule has 0 aliphatic rings. The number of benzene rings is 1. The number of thiazole rings is 1. The molecule has 0 atom stereocenters. The Balaban J connectivity index is 1.86. The molecule has 0 saturated carbocycles. The number of hydrogen-bond donors (Lipinski definition) is 2. The molecule has 0 amide bonds. The van der Waals surface area contributed by atoms with Gasteiger partial charge in [0.25, 0.3) is 0 Å². The molecule has 0 aliphatic heterocycles. The van der Waals surface area contributed by atoms with Crippen molar-refractivity contribution in [1.29, 1.82) is 0 Å². The van der Waals surface area contributed by atoms with Crippen molar-refractivity contribution >= 4 is 17.3 Å². The van der Waals surface area contributed by atoms with Gasteiger partial charge in [0, 0.05) is 31.6 Å². The van der Waals surface area contributed by atoms with Gasteiger partial charge < -0.3 is 25.0 Å². The van der Waals surface area contributed by atoms with Gasteiger partial charge in [-0.2, -0.15) is 0 Å². The highest BCUT2D eigenvalue weighted by Crippen LogP contribution is 2.16. The maximum atomic E-state index is 5.90. The maximum Gasteiger partial charge on any atom is 0.191 e. The summed E-state index contributed by atoms with van der Waals surface area (Å²) in [5, 5.41) is 7.73. The average molecular weight is 434 g/mol. The van der Waals surface area contributed by atoms with Crippen molar-refractivity contribution in [2.24, 2.45) is 4.99 Å². The Morgan fingerprint density at radius 1 is 1.20 bits per heavy atom. The molecule has 30 heavy (non-hydrogen) atoms. The normalized spacial score (nSPS) is 11.7. The number of aliphatic imine (C=N–C) groups is 1. The quantitative estimate of drug-likeness (QED) is 0.396. The van der Waals surface area contributed by atoms with Crippen LogP contribution in [0.5, 0.6) is 5.75 Å². The van der Waals surface area contributed by atoms with E-state index in [1.165, 1.54) is 4.88 Å². The molecule has 0 unspecified atom stereocenters. The van der Waals surface area contributed by atoms with Gasteiger partial charge in [0.2, 0.25) is 0 Å². The second-order valence-electron chi connectivity index (χ2n) is 7.09. The Kier molecular flexibility index (Phi) is 10.6. The number of aromatic nitrogens is 1. The third-order valence-electron chi connectivity index (χ3n) is 4.56. The number of ether oxygens (including phenoxy) is 2. The molecule has 8 heteroatoms. The lowest BCUT2D eigenvalue weighted by Gasteiger charge is -2.16. The number of aryl methyl sites for hydroxylation is 2. The Bertz CT molecular complexity index is 774. The van der Waals surface area contributed by atoms with Crippen LogP contribution in [0.1, 0.15) is 28.1 Å². The molecule has 2 aromatic rings. The van der Waals surface area contributed by atoms with Crippen LogP contribution < -0.4 is 15.4 Å². The summed E-state index contributed by atoms with van der Waals surface area (Å²) < 4.78 is 11.0. The molecule has 0 bridgehead atoms. The van der Waals surface area contributed by atoms with Crippen LogP contribution >= 0.6 is 11.3 Å². The van der Waals surface area contributed by atoms with Crippen molar-refractivity contribution in [1.82, 2.24) is 20.5 Å². The van der Waals surface area contributed by atoms with E-state index in [1.54, 1.807) is 18.4 Å². The fourth-order valence-corrected chi connectivity index (χ4v) is 3.57. The molecule has 1 aromatic heterocycles. The number of nitrogens with one attached hydrogen (secondary N) is 2. The summed E-state index contributed by atoms with van der Waals surface area (Å²) in [6.07, 6.45) is 0. The van der Waals surface area contributed by atoms with Crippen molar-refractivity contribution in [2.75, 3.05) is 47.0 Å². The van der Waals surface area contributed by atoms with E-state index in [1.807, 2.05) is 19.1 Å². The van der Waals surface area contributed by atoms with Gasteiger partial charge in [-0.1, -0.05) is 12.1 Å². The van der Waals surface area contributed by atoms with Crippen LogP contribution in [0.15, 0.2) is 29.3 Å². The van der Waals surface area contributed by atoms with E-state index >= 15 is 0 Å². The number of rotatable bonds is 12. The maximum absolute atomic E-state index is 5.90. The molecular weight excluding hydrogens is 398 g/mol. The lowest BCUT2D eigenvalue weighted by atomic mass is 10.2. The van der Waals surface area contributed by atoms with Crippen molar-refractivity contribution in [3.05, 3.63) is 45.4 Å². The van der Waals surface area contributed by atoms with Gasteiger partial charge in [0.15, 0.2) is 5.96 Å². The lowest BCUT2D eigenvalue weighted by molar-refractivity contribution is 0.150. The first-order valence-corrected chi connectivity index (χ1v) is 11.2. The number of hydrogen-bond acceptors (Lipinski definition) is 6. The molecule has 0 fully saturated rings. The van der Waals surface area contributed by atoms with Crippen molar-refractivity contribution in [2.45, 2.75) is 33.9 Å². The van der Waals surface area contributed by atoms with Crippen molar-refractivity contribution in [3.63, 3.8) is 0 Å². The minimum Gasteiger partial charge on any atom is -0.492 e. The van der Waals surface area contributed by atoms with Crippen molar-refractivity contribution < 1.29 is 9.47 Å². The minimum atomic E-state index is 0.580. The molecule has 0 aliphatic carbocycles. The highest BCUT2D eigenvalue weighted by atomic mass is 32.1. The molecule has 1 aromatic carbocycles. The van der Waals surface area contributed by atoms with Crippen LogP contribution in [0, 0.1) is 13.8 Å². The molecule has 2 N–H and O–H groups in total. The molecule has 1 heterocycles. The Hall–Kier alpha value is -2.16. The summed E-state index contributed by atoms with van der Waals surface area (Å²) in [6, 6.07) is 8.11. The zero-order chi connectivity index (χ0) is 21.8. The summed E-state index contributed by atoms with van der Waals surface area (Å²) in [4.78, 5) is 12.7. The van der Waals surface area contributed by atoms with Gasteiger partial charge in [-0.05, 0) is 45.5 Å². The second kappa shape index (κ2) is 13.2. The molecule has 0 radical (unpaired) electrons. The Morgan fingerprint density at radius 3 is 2.70 bits per heavy atom.